The third kappa shape index (κ3) is 3.58. The van der Waals surface area contributed by atoms with E-state index in [9.17, 15) is 4.79 Å². The molecule has 110 valence electrons. The van der Waals surface area contributed by atoms with Crippen LogP contribution in [0.5, 0.6) is 0 Å². The average molecular weight is 278 g/mol. The number of imidazole rings is 1. The molecule has 6 heteroatoms. The molecule has 3 rings (SSSR count). The number of ether oxygens (including phenoxy) is 1. The SMILES string of the molecule is O=C(CCn1cncc1CNC1CC1)N1CCOCC1. The van der Waals surface area contributed by atoms with Crippen LogP contribution in [0.15, 0.2) is 12.5 Å². The fourth-order valence-electron chi connectivity index (χ4n) is 2.42. The van der Waals surface area contributed by atoms with Crippen LogP contribution in [0.2, 0.25) is 0 Å². The van der Waals surface area contributed by atoms with E-state index in [1.807, 2.05) is 17.4 Å². The van der Waals surface area contributed by atoms with Crippen molar-refractivity contribution >= 4 is 5.91 Å². The van der Waals surface area contributed by atoms with Crippen molar-refractivity contribution < 1.29 is 9.53 Å². The summed E-state index contributed by atoms with van der Waals surface area (Å²) in [5.41, 5.74) is 1.16. The van der Waals surface area contributed by atoms with Crippen LogP contribution in [0.4, 0.5) is 0 Å². The quantitative estimate of drug-likeness (QED) is 0.817. The number of carbonyl (C=O) groups is 1. The molecule has 1 amide bonds. The van der Waals surface area contributed by atoms with Gasteiger partial charge in [0.2, 0.25) is 5.91 Å². The minimum absolute atomic E-state index is 0.211. The Morgan fingerprint density at radius 1 is 1.40 bits per heavy atom. The lowest BCUT2D eigenvalue weighted by Crippen LogP contribution is -2.41. The van der Waals surface area contributed by atoms with E-state index in [0.29, 0.717) is 32.2 Å². The van der Waals surface area contributed by atoms with Gasteiger partial charge in [-0.3, -0.25) is 4.79 Å². The standard InChI is InChI=1S/C14H22N4O2/c19-14(17-5-7-20-8-6-17)3-4-18-11-15-9-13(18)10-16-12-1-2-12/h9,11-12,16H,1-8,10H2. The van der Waals surface area contributed by atoms with Crippen LogP contribution in [-0.4, -0.2) is 52.7 Å². The van der Waals surface area contributed by atoms with Crippen molar-refractivity contribution in [2.45, 2.75) is 38.4 Å². The molecule has 0 radical (unpaired) electrons. The Bertz CT molecular complexity index is 450. The van der Waals surface area contributed by atoms with Crippen LogP contribution in [0.1, 0.15) is 25.0 Å². The number of nitrogens with zero attached hydrogens (tertiary/aromatic N) is 3. The maximum Gasteiger partial charge on any atom is 0.224 e. The number of nitrogens with one attached hydrogen (secondary N) is 1. The van der Waals surface area contributed by atoms with Gasteiger partial charge in [-0.1, -0.05) is 0 Å². The highest BCUT2D eigenvalue weighted by Crippen LogP contribution is 2.19. The monoisotopic (exact) mass is 278 g/mol. The van der Waals surface area contributed by atoms with E-state index in [2.05, 4.69) is 14.9 Å². The van der Waals surface area contributed by atoms with Gasteiger partial charge in [-0.2, -0.15) is 0 Å². The van der Waals surface area contributed by atoms with Crippen LogP contribution < -0.4 is 5.32 Å². The number of aromatic nitrogens is 2. The van der Waals surface area contributed by atoms with E-state index in [-0.39, 0.29) is 5.91 Å². The summed E-state index contributed by atoms with van der Waals surface area (Å²) in [6, 6.07) is 0.688. The number of rotatable bonds is 6. The van der Waals surface area contributed by atoms with Gasteiger partial charge in [0.1, 0.15) is 0 Å². The maximum absolute atomic E-state index is 12.1. The molecule has 1 aromatic rings. The first-order valence-electron chi connectivity index (χ1n) is 7.41. The van der Waals surface area contributed by atoms with E-state index in [0.717, 1.165) is 25.3 Å². The van der Waals surface area contributed by atoms with Gasteiger partial charge >= 0.3 is 0 Å². The van der Waals surface area contributed by atoms with Gasteiger partial charge < -0.3 is 19.5 Å². The van der Waals surface area contributed by atoms with Crippen molar-refractivity contribution in [3.8, 4) is 0 Å². The highest BCUT2D eigenvalue weighted by Gasteiger charge is 2.21. The topological polar surface area (TPSA) is 59.4 Å². The second-order valence-electron chi connectivity index (χ2n) is 5.48. The summed E-state index contributed by atoms with van der Waals surface area (Å²) in [5, 5.41) is 3.48. The maximum atomic E-state index is 12.1. The minimum Gasteiger partial charge on any atom is -0.378 e. The molecule has 1 aliphatic carbocycles. The molecule has 2 heterocycles. The zero-order chi connectivity index (χ0) is 13.8. The first-order valence-corrected chi connectivity index (χ1v) is 7.41. The first kappa shape index (κ1) is 13.6. The normalized spacial score (nSPS) is 19.3. The zero-order valence-electron chi connectivity index (χ0n) is 11.8. The first-order chi connectivity index (χ1) is 9.83. The number of hydrogen-bond donors (Lipinski definition) is 1. The molecule has 20 heavy (non-hydrogen) atoms. The summed E-state index contributed by atoms with van der Waals surface area (Å²) < 4.78 is 7.34. The Balaban J connectivity index is 1.47. The Kier molecular flexibility index (Phi) is 4.32. The molecular weight excluding hydrogens is 256 g/mol. The predicted molar refractivity (Wildman–Crippen MR) is 74.1 cm³/mol. The predicted octanol–water partition coefficient (Wildman–Crippen LogP) is 0.384. The van der Waals surface area contributed by atoms with Gasteiger partial charge in [0.15, 0.2) is 0 Å². The van der Waals surface area contributed by atoms with Crippen molar-refractivity contribution in [2.24, 2.45) is 0 Å². The molecule has 0 aromatic carbocycles. The number of aryl methyl sites for hydroxylation is 1. The molecule has 1 saturated heterocycles. The van der Waals surface area contributed by atoms with Crippen molar-refractivity contribution in [3.05, 3.63) is 18.2 Å². The third-order valence-electron chi connectivity index (χ3n) is 3.88. The Hall–Kier alpha value is -1.40. The molecule has 1 N–H and O–H groups in total. The lowest BCUT2D eigenvalue weighted by molar-refractivity contribution is -0.135. The molecule has 6 nitrogen and oxygen atoms in total. The van der Waals surface area contributed by atoms with Crippen molar-refractivity contribution in [2.75, 3.05) is 26.3 Å². The summed E-state index contributed by atoms with van der Waals surface area (Å²) in [7, 11) is 0. The lowest BCUT2D eigenvalue weighted by atomic mass is 10.3. The fraction of sp³-hybridized carbons (Fsp3) is 0.714. The highest BCUT2D eigenvalue weighted by molar-refractivity contribution is 5.76. The average Bonchev–Trinajstić information content (AvgIpc) is 3.22. The van der Waals surface area contributed by atoms with E-state index in [1.54, 1.807) is 0 Å². The van der Waals surface area contributed by atoms with E-state index in [1.165, 1.54) is 12.8 Å². The van der Waals surface area contributed by atoms with E-state index < -0.39 is 0 Å². The highest BCUT2D eigenvalue weighted by atomic mass is 16.5. The fourth-order valence-corrected chi connectivity index (χ4v) is 2.42. The smallest absolute Gasteiger partial charge is 0.224 e. The molecule has 0 unspecified atom stereocenters. The van der Waals surface area contributed by atoms with Gasteiger partial charge in [-0.05, 0) is 12.8 Å². The van der Waals surface area contributed by atoms with Gasteiger partial charge in [-0.25, -0.2) is 4.98 Å². The van der Waals surface area contributed by atoms with Crippen LogP contribution in [0.25, 0.3) is 0 Å². The molecular formula is C14H22N4O2. The largest absolute Gasteiger partial charge is 0.378 e. The van der Waals surface area contributed by atoms with Gasteiger partial charge in [0, 0.05) is 44.8 Å². The summed E-state index contributed by atoms with van der Waals surface area (Å²) in [4.78, 5) is 18.2. The van der Waals surface area contributed by atoms with Crippen LogP contribution in [0, 0.1) is 0 Å². The summed E-state index contributed by atoms with van der Waals surface area (Å²) in [5.74, 6) is 0.211. The molecule has 1 aliphatic heterocycles. The molecule has 0 spiro atoms. The Labute approximate surface area is 119 Å². The van der Waals surface area contributed by atoms with E-state index >= 15 is 0 Å². The zero-order valence-corrected chi connectivity index (χ0v) is 11.8. The second kappa shape index (κ2) is 6.37. The van der Waals surface area contributed by atoms with Crippen molar-refractivity contribution in [1.82, 2.24) is 19.8 Å². The third-order valence-corrected chi connectivity index (χ3v) is 3.88. The summed E-state index contributed by atoms with van der Waals surface area (Å²) in [6.45, 7) is 4.31. The van der Waals surface area contributed by atoms with Crippen LogP contribution >= 0.6 is 0 Å². The molecule has 2 fully saturated rings. The van der Waals surface area contributed by atoms with Crippen LogP contribution in [-0.2, 0) is 22.6 Å². The van der Waals surface area contributed by atoms with Gasteiger partial charge in [0.25, 0.3) is 0 Å². The number of hydrogen-bond acceptors (Lipinski definition) is 4. The summed E-state index contributed by atoms with van der Waals surface area (Å²) >= 11 is 0. The van der Waals surface area contributed by atoms with Gasteiger partial charge in [0.05, 0.1) is 25.2 Å². The molecule has 0 bridgehead atoms. The number of morpholine rings is 1. The molecule has 2 aliphatic rings. The van der Waals surface area contributed by atoms with Crippen LogP contribution in [0.3, 0.4) is 0 Å². The van der Waals surface area contributed by atoms with Gasteiger partial charge in [-0.15, -0.1) is 0 Å². The van der Waals surface area contributed by atoms with E-state index in [4.69, 9.17) is 4.74 Å². The molecule has 0 atom stereocenters. The lowest BCUT2D eigenvalue weighted by Gasteiger charge is -2.27. The minimum atomic E-state index is 0.211. The number of amides is 1. The number of carbonyl (C=O) groups excluding carboxylic acids is 1. The summed E-state index contributed by atoms with van der Waals surface area (Å²) in [6.07, 6.45) is 6.80. The molecule has 1 aromatic heterocycles. The Morgan fingerprint density at radius 2 is 2.20 bits per heavy atom. The molecule has 1 saturated carbocycles. The second-order valence-corrected chi connectivity index (χ2v) is 5.48. The van der Waals surface area contributed by atoms with Crippen molar-refractivity contribution in [3.63, 3.8) is 0 Å². The van der Waals surface area contributed by atoms with Crippen molar-refractivity contribution in [1.29, 1.82) is 0 Å². The Morgan fingerprint density at radius 3 is 2.95 bits per heavy atom.